The zero-order valence-corrected chi connectivity index (χ0v) is 15.2. The summed E-state index contributed by atoms with van der Waals surface area (Å²) in [6.45, 7) is 4.39. The maximum absolute atomic E-state index is 13.4. The molecule has 0 saturated carbocycles. The maximum atomic E-state index is 13.4. The molecule has 0 fully saturated rings. The smallest absolute Gasteiger partial charge is 0.336 e. The molecular formula is C23H19NO3. The SMILES string of the molecule is CC1(C)C[C@@H]2c3cccc(C(=O)O)c3C(=O)N2c2c1ccc1ccccc21. The van der Waals surface area contributed by atoms with Crippen LogP contribution in [0.15, 0.2) is 54.6 Å². The lowest BCUT2D eigenvalue weighted by Gasteiger charge is -2.42. The van der Waals surface area contributed by atoms with Crippen LogP contribution in [0, 0.1) is 0 Å². The molecule has 2 aliphatic rings. The summed E-state index contributed by atoms with van der Waals surface area (Å²) in [5.41, 5.74) is 3.19. The van der Waals surface area contributed by atoms with Gasteiger partial charge in [0.1, 0.15) is 0 Å². The molecule has 134 valence electrons. The summed E-state index contributed by atoms with van der Waals surface area (Å²) >= 11 is 0. The molecule has 1 atom stereocenters. The van der Waals surface area contributed by atoms with Crippen molar-refractivity contribution in [2.75, 3.05) is 4.90 Å². The van der Waals surface area contributed by atoms with Crippen LogP contribution in [0.5, 0.6) is 0 Å². The Morgan fingerprint density at radius 2 is 1.85 bits per heavy atom. The fraction of sp³-hybridized carbons (Fsp3) is 0.217. The van der Waals surface area contributed by atoms with Gasteiger partial charge in [-0.3, -0.25) is 9.69 Å². The molecule has 2 aliphatic heterocycles. The van der Waals surface area contributed by atoms with Crippen LogP contribution in [-0.4, -0.2) is 17.0 Å². The molecule has 0 aliphatic carbocycles. The van der Waals surface area contributed by atoms with Gasteiger partial charge in [-0.25, -0.2) is 4.79 Å². The Balaban J connectivity index is 1.85. The first-order chi connectivity index (χ1) is 12.9. The van der Waals surface area contributed by atoms with E-state index in [4.69, 9.17) is 0 Å². The van der Waals surface area contributed by atoms with Gasteiger partial charge in [0, 0.05) is 5.39 Å². The molecule has 1 amide bonds. The van der Waals surface area contributed by atoms with Crippen molar-refractivity contribution in [3.63, 3.8) is 0 Å². The summed E-state index contributed by atoms with van der Waals surface area (Å²) < 4.78 is 0. The zero-order valence-electron chi connectivity index (χ0n) is 15.2. The summed E-state index contributed by atoms with van der Waals surface area (Å²) in [5, 5.41) is 11.7. The zero-order chi connectivity index (χ0) is 18.9. The summed E-state index contributed by atoms with van der Waals surface area (Å²) in [6.07, 6.45) is 0.764. The number of carboxylic acids is 1. The van der Waals surface area contributed by atoms with E-state index in [0.717, 1.165) is 34.0 Å². The molecule has 0 spiro atoms. The van der Waals surface area contributed by atoms with E-state index in [2.05, 4.69) is 26.0 Å². The highest BCUT2D eigenvalue weighted by atomic mass is 16.4. The van der Waals surface area contributed by atoms with E-state index in [1.807, 2.05) is 35.2 Å². The number of carbonyl (C=O) groups is 2. The average molecular weight is 357 g/mol. The molecule has 5 rings (SSSR count). The van der Waals surface area contributed by atoms with E-state index in [9.17, 15) is 14.7 Å². The monoisotopic (exact) mass is 357 g/mol. The minimum absolute atomic E-state index is 0.0893. The van der Waals surface area contributed by atoms with Crippen LogP contribution in [0.4, 0.5) is 5.69 Å². The van der Waals surface area contributed by atoms with Crippen LogP contribution in [-0.2, 0) is 5.41 Å². The molecule has 4 nitrogen and oxygen atoms in total. The first-order valence-corrected chi connectivity index (χ1v) is 9.12. The van der Waals surface area contributed by atoms with Crippen LogP contribution in [0.1, 0.15) is 58.2 Å². The number of benzene rings is 3. The number of carbonyl (C=O) groups excluding carboxylic acids is 1. The Morgan fingerprint density at radius 3 is 2.63 bits per heavy atom. The van der Waals surface area contributed by atoms with Crippen molar-refractivity contribution in [1.82, 2.24) is 0 Å². The first kappa shape index (κ1) is 16.1. The molecule has 2 heterocycles. The minimum Gasteiger partial charge on any atom is -0.478 e. The number of hydrogen-bond donors (Lipinski definition) is 1. The number of carboxylic acid groups (broad SMARTS) is 1. The lowest BCUT2D eigenvalue weighted by molar-refractivity contribution is 0.0692. The van der Waals surface area contributed by atoms with Gasteiger partial charge >= 0.3 is 5.97 Å². The molecule has 0 radical (unpaired) electrons. The molecular weight excluding hydrogens is 338 g/mol. The number of nitrogens with zero attached hydrogens (tertiary/aromatic N) is 1. The van der Waals surface area contributed by atoms with Crippen molar-refractivity contribution in [3.8, 4) is 0 Å². The Morgan fingerprint density at radius 1 is 1.07 bits per heavy atom. The van der Waals surface area contributed by atoms with Crippen LogP contribution < -0.4 is 4.90 Å². The predicted octanol–water partition coefficient (Wildman–Crippen LogP) is 4.92. The Bertz CT molecular complexity index is 1150. The Hall–Kier alpha value is -3.14. The van der Waals surface area contributed by atoms with Gasteiger partial charge in [0.25, 0.3) is 5.91 Å². The van der Waals surface area contributed by atoms with Gasteiger partial charge in [-0.2, -0.15) is 0 Å². The average Bonchev–Trinajstić information content (AvgIpc) is 2.92. The Kier molecular flexibility index (Phi) is 3.09. The third-order valence-corrected chi connectivity index (χ3v) is 6.00. The van der Waals surface area contributed by atoms with Gasteiger partial charge in [-0.15, -0.1) is 0 Å². The number of rotatable bonds is 1. The van der Waals surface area contributed by atoms with Crippen LogP contribution in [0.3, 0.4) is 0 Å². The molecule has 0 bridgehead atoms. The van der Waals surface area contributed by atoms with E-state index < -0.39 is 5.97 Å². The van der Waals surface area contributed by atoms with Crippen molar-refractivity contribution in [3.05, 3.63) is 76.9 Å². The van der Waals surface area contributed by atoms with Crippen molar-refractivity contribution in [2.45, 2.75) is 31.7 Å². The standard InChI is InChI=1S/C23H19NO3/c1-23(2)12-18-15-8-5-9-16(22(26)27)19(15)21(25)24(18)20-14-7-4-3-6-13(14)10-11-17(20)23/h3-11,18H,12H2,1-2H3,(H,26,27)/t18-/m1/s1. The van der Waals surface area contributed by atoms with Gasteiger partial charge < -0.3 is 5.11 Å². The summed E-state index contributed by atoms with van der Waals surface area (Å²) in [7, 11) is 0. The van der Waals surface area contributed by atoms with Crippen molar-refractivity contribution >= 4 is 28.3 Å². The fourth-order valence-electron chi connectivity index (χ4n) is 4.78. The number of fused-ring (bicyclic) bond motifs is 7. The van der Waals surface area contributed by atoms with Crippen LogP contribution in [0.25, 0.3) is 10.8 Å². The molecule has 1 N–H and O–H groups in total. The number of hydrogen-bond acceptors (Lipinski definition) is 2. The van der Waals surface area contributed by atoms with Crippen molar-refractivity contribution < 1.29 is 14.7 Å². The minimum atomic E-state index is -1.06. The molecule has 3 aromatic rings. The summed E-state index contributed by atoms with van der Waals surface area (Å²) in [4.78, 5) is 27.0. The van der Waals surface area contributed by atoms with Gasteiger partial charge in [0.05, 0.1) is 22.9 Å². The van der Waals surface area contributed by atoms with E-state index >= 15 is 0 Å². The van der Waals surface area contributed by atoms with Gasteiger partial charge in [0.15, 0.2) is 0 Å². The molecule has 27 heavy (non-hydrogen) atoms. The van der Waals surface area contributed by atoms with Gasteiger partial charge in [-0.1, -0.05) is 62.4 Å². The van der Waals surface area contributed by atoms with Crippen molar-refractivity contribution in [1.29, 1.82) is 0 Å². The van der Waals surface area contributed by atoms with Crippen LogP contribution >= 0.6 is 0 Å². The van der Waals surface area contributed by atoms with E-state index in [0.29, 0.717) is 5.56 Å². The fourth-order valence-corrected chi connectivity index (χ4v) is 4.78. The second-order valence-corrected chi connectivity index (χ2v) is 8.04. The predicted molar refractivity (Wildman–Crippen MR) is 105 cm³/mol. The third kappa shape index (κ3) is 2.04. The second kappa shape index (κ2) is 5.19. The number of anilines is 1. The molecule has 0 unspecified atom stereocenters. The lowest BCUT2D eigenvalue weighted by atomic mass is 9.73. The first-order valence-electron chi connectivity index (χ1n) is 9.12. The van der Waals surface area contributed by atoms with Crippen LogP contribution in [0.2, 0.25) is 0 Å². The summed E-state index contributed by atoms with van der Waals surface area (Å²) in [6, 6.07) is 17.3. The molecule has 0 saturated heterocycles. The second-order valence-electron chi connectivity index (χ2n) is 8.04. The van der Waals surface area contributed by atoms with E-state index in [1.165, 1.54) is 6.07 Å². The third-order valence-electron chi connectivity index (χ3n) is 6.00. The highest BCUT2D eigenvalue weighted by Gasteiger charge is 2.48. The van der Waals surface area contributed by atoms with Crippen molar-refractivity contribution in [2.24, 2.45) is 0 Å². The largest absolute Gasteiger partial charge is 0.478 e. The molecule has 4 heteroatoms. The van der Waals surface area contributed by atoms with E-state index in [1.54, 1.807) is 6.07 Å². The molecule has 3 aromatic carbocycles. The maximum Gasteiger partial charge on any atom is 0.336 e. The Labute approximate surface area is 157 Å². The molecule has 0 aromatic heterocycles. The highest BCUT2D eigenvalue weighted by Crippen LogP contribution is 2.54. The quantitative estimate of drug-likeness (QED) is 0.672. The van der Waals surface area contributed by atoms with Gasteiger partial charge in [-0.05, 0) is 34.4 Å². The highest BCUT2D eigenvalue weighted by molar-refractivity contribution is 6.19. The van der Waals surface area contributed by atoms with E-state index in [-0.39, 0.29) is 22.9 Å². The topological polar surface area (TPSA) is 57.6 Å². The summed E-state index contributed by atoms with van der Waals surface area (Å²) in [5.74, 6) is -1.27. The number of amides is 1. The number of aromatic carboxylic acids is 1. The lowest BCUT2D eigenvalue weighted by Crippen LogP contribution is -2.39. The normalized spacial score (nSPS) is 19.6. The van der Waals surface area contributed by atoms with Gasteiger partial charge in [0.2, 0.25) is 0 Å².